The maximum atomic E-state index is 10.4. The minimum Gasteiger partial charge on any atom is -0.493 e. The van der Waals surface area contributed by atoms with Crippen molar-refractivity contribution in [1.29, 1.82) is 0 Å². The minimum absolute atomic E-state index is 0.0210. The van der Waals surface area contributed by atoms with E-state index in [1.165, 1.54) is 7.11 Å². The van der Waals surface area contributed by atoms with Gasteiger partial charge in [-0.3, -0.25) is 9.59 Å². The van der Waals surface area contributed by atoms with Crippen LogP contribution >= 0.6 is 0 Å². The molecule has 3 nitrogen and oxygen atoms in total. The monoisotopic (exact) mass is 156 g/mol. The molecule has 11 heavy (non-hydrogen) atoms. The van der Waals surface area contributed by atoms with Gasteiger partial charge in [0.25, 0.3) is 0 Å². The highest BCUT2D eigenvalue weighted by molar-refractivity contribution is 5.85. The first-order valence-corrected chi connectivity index (χ1v) is 3.35. The van der Waals surface area contributed by atoms with E-state index < -0.39 is 0 Å². The van der Waals surface area contributed by atoms with Crippen LogP contribution in [0.3, 0.4) is 0 Å². The Labute approximate surface area is 66.0 Å². The molecule has 0 bridgehead atoms. The molecule has 0 radical (unpaired) electrons. The molecule has 0 N–H and O–H groups in total. The van der Waals surface area contributed by atoms with Gasteiger partial charge in [-0.2, -0.15) is 0 Å². The Bertz CT molecular complexity index is 180. The van der Waals surface area contributed by atoms with Crippen molar-refractivity contribution in [3.63, 3.8) is 0 Å². The number of carbonyl (C=O) groups excluding carboxylic acids is 2. The zero-order valence-electron chi connectivity index (χ0n) is 6.96. The Balaban J connectivity index is 4.76. The molecule has 0 aliphatic heterocycles. The van der Waals surface area contributed by atoms with Gasteiger partial charge in [0, 0.05) is 5.57 Å². The van der Waals surface area contributed by atoms with Crippen LogP contribution in [0.2, 0.25) is 0 Å². The van der Waals surface area contributed by atoms with Crippen molar-refractivity contribution in [2.24, 2.45) is 5.92 Å². The summed E-state index contributed by atoms with van der Waals surface area (Å²) in [6, 6.07) is 0. The molecule has 0 rings (SSSR count). The van der Waals surface area contributed by atoms with Crippen LogP contribution in [0.4, 0.5) is 0 Å². The molecule has 0 saturated heterocycles. The van der Waals surface area contributed by atoms with E-state index in [4.69, 9.17) is 4.74 Å². The van der Waals surface area contributed by atoms with E-state index in [2.05, 4.69) is 0 Å². The van der Waals surface area contributed by atoms with Gasteiger partial charge in [0.2, 0.25) is 0 Å². The molecule has 0 unspecified atom stereocenters. The summed E-state index contributed by atoms with van der Waals surface area (Å²) in [7, 11) is 1.37. The van der Waals surface area contributed by atoms with Crippen molar-refractivity contribution in [3.05, 3.63) is 11.3 Å². The van der Waals surface area contributed by atoms with Gasteiger partial charge >= 0.3 is 0 Å². The first-order chi connectivity index (χ1) is 5.17. The number of methoxy groups -OCH3 is 1. The quantitative estimate of drug-likeness (QED) is 0.345. The van der Waals surface area contributed by atoms with Crippen molar-refractivity contribution in [1.82, 2.24) is 0 Å². The molecule has 0 heterocycles. The summed E-state index contributed by atoms with van der Waals surface area (Å²) in [6.45, 7) is 3.65. The lowest BCUT2D eigenvalue weighted by Gasteiger charge is -2.06. The lowest BCUT2D eigenvalue weighted by molar-refractivity contribution is -0.109. The third-order valence-corrected chi connectivity index (χ3v) is 1.36. The number of aldehydes is 2. The predicted molar refractivity (Wildman–Crippen MR) is 41.0 cm³/mol. The second kappa shape index (κ2) is 4.66. The molecular formula is C8H12O3. The largest absolute Gasteiger partial charge is 0.493 e. The zero-order chi connectivity index (χ0) is 8.85. The fourth-order valence-electron chi connectivity index (χ4n) is 0.713. The summed E-state index contributed by atoms with van der Waals surface area (Å²) in [5.41, 5.74) is 0.405. The van der Waals surface area contributed by atoms with Gasteiger partial charge in [-0.05, 0) is 5.92 Å². The van der Waals surface area contributed by atoms with Crippen LogP contribution in [0.15, 0.2) is 11.3 Å². The third kappa shape index (κ3) is 2.53. The van der Waals surface area contributed by atoms with E-state index in [0.29, 0.717) is 18.1 Å². The molecule has 0 aliphatic carbocycles. The molecule has 0 aliphatic rings. The molecule has 0 aromatic carbocycles. The molecule has 0 fully saturated rings. The fraction of sp³-hybridized carbons (Fsp3) is 0.500. The lowest BCUT2D eigenvalue weighted by atomic mass is 10.0. The van der Waals surface area contributed by atoms with Crippen molar-refractivity contribution >= 4 is 12.6 Å². The first kappa shape index (κ1) is 9.88. The van der Waals surface area contributed by atoms with Crippen molar-refractivity contribution in [3.8, 4) is 0 Å². The average Bonchev–Trinajstić information content (AvgIpc) is 1.99. The fourth-order valence-corrected chi connectivity index (χ4v) is 0.713. The number of rotatable bonds is 4. The van der Waals surface area contributed by atoms with Gasteiger partial charge in [-0.15, -0.1) is 0 Å². The Morgan fingerprint density at radius 3 is 1.91 bits per heavy atom. The van der Waals surface area contributed by atoms with Gasteiger partial charge in [0.1, 0.15) is 6.29 Å². The van der Waals surface area contributed by atoms with Gasteiger partial charge in [-0.25, -0.2) is 0 Å². The Kier molecular flexibility index (Phi) is 4.18. The molecule has 0 spiro atoms. The summed E-state index contributed by atoms with van der Waals surface area (Å²) in [6.07, 6.45) is 1.20. The van der Waals surface area contributed by atoms with Crippen LogP contribution in [-0.4, -0.2) is 19.7 Å². The van der Waals surface area contributed by atoms with Gasteiger partial charge in [0.05, 0.1) is 7.11 Å². The zero-order valence-corrected chi connectivity index (χ0v) is 6.96. The standard InChI is InChI=1S/C8H12O3/c1-6(2)7(4-9)8(5-10)11-3/h4-6H,1-3H3/b8-7-. The highest BCUT2D eigenvalue weighted by Gasteiger charge is 2.08. The Morgan fingerprint density at radius 1 is 1.27 bits per heavy atom. The highest BCUT2D eigenvalue weighted by atomic mass is 16.5. The molecule has 0 saturated carbocycles. The minimum atomic E-state index is 0.0210. The van der Waals surface area contributed by atoms with E-state index in [-0.39, 0.29) is 11.7 Å². The van der Waals surface area contributed by atoms with Gasteiger partial charge < -0.3 is 4.74 Å². The summed E-state index contributed by atoms with van der Waals surface area (Å²) in [5.74, 6) is 0.141. The Morgan fingerprint density at radius 2 is 1.82 bits per heavy atom. The van der Waals surface area contributed by atoms with E-state index in [9.17, 15) is 9.59 Å². The molecule has 0 aromatic heterocycles. The number of hydrogen-bond acceptors (Lipinski definition) is 3. The summed E-state index contributed by atoms with van der Waals surface area (Å²) < 4.78 is 4.69. The SMILES string of the molecule is CO/C(C=O)=C(/C=O)C(C)C. The van der Waals surface area contributed by atoms with Gasteiger partial charge in [0.15, 0.2) is 12.0 Å². The maximum Gasteiger partial charge on any atom is 0.185 e. The normalized spacial score (nSPS) is 12.4. The molecular weight excluding hydrogens is 144 g/mol. The maximum absolute atomic E-state index is 10.4. The van der Waals surface area contributed by atoms with Crippen LogP contribution in [-0.2, 0) is 14.3 Å². The predicted octanol–water partition coefficient (Wildman–Crippen LogP) is 0.941. The topological polar surface area (TPSA) is 43.4 Å². The van der Waals surface area contributed by atoms with Crippen LogP contribution in [0, 0.1) is 5.92 Å². The number of ether oxygens (including phenoxy) is 1. The van der Waals surface area contributed by atoms with Crippen molar-refractivity contribution < 1.29 is 14.3 Å². The molecule has 0 aromatic rings. The summed E-state index contributed by atoms with van der Waals surface area (Å²) in [5, 5.41) is 0. The van der Waals surface area contributed by atoms with Crippen LogP contribution in [0.1, 0.15) is 13.8 Å². The molecule has 0 amide bonds. The average molecular weight is 156 g/mol. The van der Waals surface area contributed by atoms with Crippen molar-refractivity contribution in [2.45, 2.75) is 13.8 Å². The van der Waals surface area contributed by atoms with Crippen molar-refractivity contribution in [2.75, 3.05) is 7.11 Å². The Hall–Kier alpha value is -1.12. The first-order valence-electron chi connectivity index (χ1n) is 3.35. The number of hydrogen-bond donors (Lipinski definition) is 0. The molecule has 62 valence electrons. The van der Waals surface area contributed by atoms with Crippen LogP contribution in [0.5, 0.6) is 0 Å². The van der Waals surface area contributed by atoms with Crippen LogP contribution in [0.25, 0.3) is 0 Å². The summed E-state index contributed by atoms with van der Waals surface area (Å²) >= 11 is 0. The van der Waals surface area contributed by atoms with Crippen LogP contribution < -0.4 is 0 Å². The summed E-state index contributed by atoms with van der Waals surface area (Å²) in [4.78, 5) is 20.7. The highest BCUT2D eigenvalue weighted by Crippen LogP contribution is 2.10. The number of allylic oxidation sites excluding steroid dienone is 2. The van der Waals surface area contributed by atoms with E-state index in [0.717, 1.165) is 0 Å². The lowest BCUT2D eigenvalue weighted by Crippen LogP contribution is -2.03. The second-order valence-electron chi connectivity index (χ2n) is 2.41. The van der Waals surface area contributed by atoms with E-state index in [1.807, 2.05) is 13.8 Å². The van der Waals surface area contributed by atoms with E-state index in [1.54, 1.807) is 0 Å². The number of carbonyl (C=O) groups is 2. The van der Waals surface area contributed by atoms with E-state index >= 15 is 0 Å². The molecule has 0 atom stereocenters. The second-order valence-corrected chi connectivity index (χ2v) is 2.41. The van der Waals surface area contributed by atoms with Gasteiger partial charge in [-0.1, -0.05) is 13.8 Å². The molecule has 3 heteroatoms. The third-order valence-electron chi connectivity index (χ3n) is 1.36. The smallest absolute Gasteiger partial charge is 0.185 e.